The third kappa shape index (κ3) is 4.78. The number of rotatable bonds is 4. The molecule has 1 aliphatic rings. The number of aromatic nitrogens is 2. The highest BCUT2D eigenvalue weighted by atomic mass is 35.5. The van der Waals surface area contributed by atoms with Crippen molar-refractivity contribution in [2.45, 2.75) is 53.0 Å². The van der Waals surface area contributed by atoms with E-state index in [4.69, 9.17) is 11.6 Å². The zero-order chi connectivity index (χ0) is 19.8. The molecule has 2 aromatic rings. The number of halogens is 1. The fraction of sp³-hybridized carbons (Fsp3) is 0.476. The number of nitrogens with zero attached hydrogens (tertiary/aromatic N) is 3. The first-order valence-electron chi connectivity index (χ1n) is 9.27. The van der Waals surface area contributed by atoms with Crippen LogP contribution in [-0.4, -0.2) is 28.0 Å². The summed E-state index contributed by atoms with van der Waals surface area (Å²) in [6.07, 6.45) is 1.79. The van der Waals surface area contributed by atoms with Crippen molar-refractivity contribution in [3.05, 3.63) is 46.9 Å². The standard InChI is InChI=1S/C21H27ClN4O/c1-20(2,3)13-21(4,5)25-17-12-15(23-19(22)24-17)18(27)26-11-10-14-8-6-7-9-16(14)26/h6-9,12H,10-11,13H2,1-5H3,(H,23,24,25). The molecule has 1 aliphatic heterocycles. The lowest BCUT2D eigenvalue weighted by Crippen LogP contribution is -2.36. The molecule has 1 aromatic heterocycles. The van der Waals surface area contributed by atoms with Gasteiger partial charge in [-0.25, -0.2) is 9.97 Å². The van der Waals surface area contributed by atoms with Gasteiger partial charge in [-0.05, 0) is 55.3 Å². The molecule has 5 nitrogen and oxygen atoms in total. The van der Waals surface area contributed by atoms with E-state index in [9.17, 15) is 4.79 Å². The Labute approximate surface area is 166 Å². The summed E-state index contributed by atoms with van der Waals surface area (Å²) < 4.78 is 0. The van der Waals surface area contributed by atoms with Crippen LogP contribution in [-0.2, 0) is 6.42 Å². The number of benzene rings is 1. The molecule has 27 heavy (non-hydrogen) atoms. The SMILES string of the molecule is CC(C)(C)CC(C)(C)Nc1cc(C(=O)N2CCc3ccccc32)nc(Cl)n1. The highest BCUT2D eigenvalue weighted by Crippen LogP contribution is 2.31. The Balaban J connectivity index is 1.85. The summed E-state index contributed by atoms with van der Waals surface area (Å²) in [7, 11) is 0. The molecule has 0 aliphatic carbocycles. The predicted molar refractivity (Wildman–Crippen MR) is 111 cm³/mol. The maximum atomic E-state index is 13.1. The Hall–Kier alpha value is -2.14. The van der Waals surface area contributed by atoms with E-state index in [0.29, 0.717) is 18.1 Å². The fourth-order valence-electron chi connectivity index (χ4n) is 4.00. The number of carbonyl (C=O) groups excluding carboxylic acids is 1. The van der Waals surface area contributed by atoms with Crippen molar-refractivity contribution in [3.8, 4) is 0 Å². The minimum Gasteiger partial charge on any atom is -0.365 e. The Morgan fingerprint density at radius 2 is 1.89 bits per heavy atom. The van der Waals surface area contributed by atoms with Gasteiger partial charge in [-0.2, -0.15) is 0 Å². The van der Waals surface area contributed by atoms with Gasteiger partial charge in [-0.1, -0.05) is 39.0 Å². The predicted octanol–water partition coefficient (Wildman–Crippen LogP) is 4.96. The second kappa shape index (κ2) is 7.12. The van der Waals surface area contributed by atoms with E-state index >= 15 is 0 Å². The molecular formula is C21H27ClN4O. The maximum absolute atomic E-state index is 13.1. The molecule has 1 N–H and O–H groups in total. The minimum atomic E-state index is -0.198. The summed E-state index contributed by atoms with van der Waals surface area (Å²) in [5.74, 6) is 0.418. The normalized spacial score (nSPS) is 14.2. The van der Waals surface area contributed by atoms with Crippen molar-refractivity contribution in [2.75, 3.05) is 16.8 Å². The van der Waals surface area contributed by atoms with Crippen molar-refractivity contribution >= 4 is 29.0 Å². The van der Waals surface area contributed by atoms with Crippen molar-refractivity contribution in [1.29, 1.82) is 0 Å². The van der Waals surface area contributed by atoms with E-state index < -0.39 is 0 Å². The fourth-order valence-corrected chi connectivity index (χ4v) is 4.18. The van der Waals surface area contributed by atoms with E-state index in [-0.39, 0.29) is 22.1 Å². The number of nitrogens with one attached hydrogen (secondary N) is 1. The molecule has 0 unspecified atom stereocenters. The topological polar surface area (TPSA) is 58.1 Å². The first kappa shape index (κ1) is 19.6. The van der Waals surface area contributed by atoms with Gasteiger partial charge in [0.25, 0.3) is 5.91 Å². The van der Waals surface area contributed by atoms with Crippen LogP contribution in [0.15, 0.2) is 30.3 Å². The Bertz CT molecular complexity index is 858. The van der Waals surface area contributed by atoms with Crippen LogP contribution in [0.2, 0.25) is 5.28 Å². The highest BCUT2D eigenvalue weighted by Gasteiger charge is 2.29. The number of carbonyl (C=O) groups is 1. The number of fused-ring (bicyclic) bond motifs is 1. The average Bonchev–Trinajstić information content (AvgIpc) is 2.94. The molecule has 1 aromatic carbocycles. The molecule has 0 saturated carbocycles. The Morgan fingerprint density at radius 1 is 1.19 bits per heavy atom. The first-order valence-corrected chi connectivity index (χ1v) is 9.64. The van der Waals surface area contributed by atoms with Crippen molar-refractivity contribution in [1.82, 2.24) is 9.97 Å². The van der Waals surface area contributed by atoms with Gasteiger partial charge < -0.3 is 10.2 Å². The lowest BCUT2D eigenvalue weighted by Gasteiger charge is -2.33. The van der Waals surface area contributed by atoms with E-state index in [1.54, 1.807) is 11.0 Å². The molecule has 0 fully saturated rings. The van der Waals surface area contributed by atoms with Crippen LogP contribution in [0, 0.1) is 5.41 Å². The zero-order valence-electron chi connectivity index (χ0n) is 16.6. The Kier molecular flexibility index (Phi) is 5.17. The minimum absolute atomic E-state index is 0.0717. The van der Waals surface area contributed by atoms with Crippen LogP contribution in [0.4, 0.5) is 11.5 Å². The smallest absolute Gasteiger partial charge is 0.277 e. The largest absolute Gasteiger partial charge is 0.365 e. The quantitative estimate of drug-likeness (QED) is 0.754. The molecule has 0 radical (unpaired) electrons. The molecule has 144 valence electrons. The van der Waals surface area contributed by atoms with E-state index in [0.717, 1.165) is 18.5 Å². The van der Waals surface area contributed by atoms with E-state index in [1.165, 1.54) is 5.56 Å². The van der Waals surface area contributed by atoms with Gasteiger partial charge in [-0.3, -0.25) is 4.79 Å². The second-order valence-corrected chi connectivity index (χ2v) is 9.33. The first-order chi connectivity index (χ1) is 12.5. The molecule has 6 heteroatoms. The van der Waals surface area contributed by atoms with Gasteiger partial charge in [0.05, 0.1) is 0 Å². The molecule has 0 bridgehead atoms. The van der Waals surface area contributed by atoms with Crippen molar-refractivity contribution in [2.24, 2.45) is 5.41 Å². The third-order valence-electron chi connectivity index (χ3n) is 4.49. The molecule has 0 atom stereocenters. The van der Waals surface area contributed by atoms with E-state index in [1.807, 2.05) is 18.2 Å². The van der Waals surface area contributed by atoms with Crippen LogP contribution in [0.5, 0.6) is 0 Å². The lowest BCUT2D eigenvalue weighted by atomic mass is 9.82. The molecule has 2 heterocycles. The van der Waals surface area contributed by atoms with Crippen LogP contribution >= 0.6 is 11.6 Å². The second-order valence-electron chi connectivity index (χ2n) is 8.99. The van der Waals surface area contributed by atoms with E-state index in [2.05, 4.69) is 56.0 Å². The summed E-state index contributed by atoms with van der Waals surface area (Å²) in [4.78, 5) is 23.3. The summed E-state index contributed by atoms with van der Waals surface area (Å²) >= 11 is 6.13. The summed E-state index contributed by atoms with van der Waals surface area (Å²) in [6, 6.07) is 9.65. The summed E-state index contributed by atoms with van der Waals surface area (Å²) in [6.45, 7) is 11.5. The van der Waals surface area contributed by atoms with Gasteiger partial charge in [0.1, 0.15) is 11.5 Å². The van der Waals surface area contributed by atoms with Crippen LogP contribution in [0.1, 0.15) is 57.1 Å². The van der Waals surface area contributed by atoms with Gasteiger partial charge in [0, 0.05) is 23.8 Å². The van der Waals surface area contributed by atoms with Crippen molar-refractivity contribution < 1.29 is 4.79 Å². The van der Waals surface area contributed by atoms with Gasteiger partial charge in [0.2, 0.25) is 5.28 Å². The third-order valence-corrected chi connectivity index (χ3v) is 4.66. The number of hydrogen-bond donors (Lipinski definition) is 1. The zero-order valence-corrected chi connectivity index (χ0v) is 17.4. The summed E-state index contributed by atoms with van der Waals surface area (Å²) in [5, 5.41) is 3.49. The molecule has 0 spiro atoms. The average molecular weight is 387 g/mol. The number of anilines is 2. The number of amides is 1. The van der Waals surface area contributed by atoms with Crippen molar-refractivity contribution in [3.63, 3.8) is 0 Å². The van der Waals surface area contributed by atoms with Crippen LogP contribution in [0.3, 0.4) is 0 Å². The van der Waals surface area contributed by atoms with Crippen LogP contribution < -0.4 is 10.2 Å². The maximum Gasteiger partial charge on any atom is 0.277 e. The van der Waals surface area contributed by atoms with Gasteiger partial charge >= 0.3 is 0 Å². The Morgan fingerprint density at radius 3 is 2.59 bits per heavy atom. The summed E-state index contributed by atoms with van der Waals surface area (Å²) in [5.41, 5.74) is 2.39. The molecular weight excluding hydrogens is 360 g/mol. The lowest BCUT2D eigenvalue weighted by molar-refractivity contribution is 0.0984. The molecule has 1 amide bonds. The van der Waals surface area contributed by atoms with Crippen LogP contribution in [0.25, 0.3) is 0 Å². The number of para-hydroxylation sites is 1. The highest BCUT2D eigenvalue weighted by molar-refractivity contribution is 6.28. The van der Waals surface area contributed by atoms with Gasteiger partial charge in [-0.15, -0.1) is 0 Å². The monoisotopic (exact) mass is 386 g/mol. The number of hydrogen-bond acceptors (Lipinski definition) is 4. The molecule has 3 rings (SSSR count). The molecule has 0 saturated heterocycles. The van der Waals surface area contributed by atoms with Gasteiger partial charge in [0.15, 0.2) is 0 Å².